The Morgan fingerprint density at radius 1 is 0.781 bits per heavy atom. The molecule has 3 aromatic carbocycles. The van der Waals surface area contributed by atoms with E-state index in [1.165, 1.54) is 59.6 Å². The van der Waals surface area contributed by atoms with Crippen LogP contribution >= 0.6 is 0 Å². The Kier molecular flexibility index (Phi) is 9.32. The van der Waals surface area contributed by atoms with Gasteiger partial charge in [0.15, 0.2) is 0 Å². The molecule has 3 rings (SSSR count). The zero-order valence-corrected chi connectivity index (χ0v) is 20.4. The molecular formula is C30H42N2. The molecule has 172 valence electrons. The van der Waals surface area contributed by atoms with E-state index in [0.29, 0.717) is 6.04 Å². The van der Waals surface area contributed by atoms with Crippen molar-refractivity contribution in [2.45, 2.75) is 83.7 Å². The minimum atomic E-state index is 0.202. The van der Waals surface area contributed by atoms with E-state index >= 15 is 0 Å². The van der Waals surface area contributed by atoms with E-state index in [1.807, 2.05) is 0 Å². The Hall–Kier alpha value is -2.16. The molecular weight excluding hydrogens is 388 g/mol. The first-order valence-electron chi connectivity index (χ1n) is 12.5. The zero-order chi connectivity index (χ0) is 22.8. The van der Waals surface area contributed by atoms with E-state index in [2.05, 4.69) is 92.8 Å². The molecule has 0 aliphatic carbocycles. The number of nitrogens with two attached hydrogens (primary N) is 1. The third kappa shape index (κ3) is 7.46. The highest BCUT2D eigenvalue weighted by Gasteiger charge is 2.14. The molecule has 0 bridgehead atoms. The SMILES string of the molecule is CC(C)(C)c1ccc(CC(CCCCCCCN)NCc2cccc3ccccc23)cc1. The van der Waals surface area contributed by atoms with Gasteiger partial charge in [0, 0.05) is 12.6 Å². The lowest BCUT2D eigenvalue weighted by Gasteiger charge is -2.22. The normalized spacial score (nSPS) is 12.9. The highest BCUT2D eigenvalue weighted by molar-refractivity contribution is 5.85. The fraction of sp³-hybridized carbons (Fsp3) is 0.467. The van der Waals surface area contributed by atoms with Crippen LogP contribution < -0.4 is 11.1 Å². The third-order valence-corrected chi connectivity index (χ3v) is 6.52. The van der Waals surface area contributed by atoms with Crippen LogP contribution in [-0.4, -0.2) is 12.6 Å². The van der Waals surface area contributed by atoms with Gasteiger partial charge in [-0.1, -0.05) is 113 Å². The van der Waals surface area contributed by atoms with Gasteiger partial charge in [0.25, 0.3) is 0 Å². The van der Waals surface area contributed by atoms with Crippen molar-refractivity contribution in [3.63, 3.8) is 0 Å². The second kappa shape index (κ2) is 12.2. The molecule has 0 aliphatic rings. The van der Waals surface area contributed by atoms with Gasteiger partial charge < -0.3 is 11.1 Å². The summed E-state index contributed by atoms with van der Waals surface area (Å²) in [6, 6.07) is 25.1. The number of rotatable bonds is 12. The summed E-state index contributed by atoms with van der Waals surface area (Å²) in [5, 5.41) is 6.58. The summed E-state index contributed by atoms with van der Waals surface area (Å²) in [4.78, 5) is 0. The molecule has 0 aliphatic heterocycles. The quantitative estimate of drug-likeness (QED) is 0.300. The van der Waals surface area contributed by atoms with Crippen molar-refractivity contribution < 1.29 is 0 Å². The first-order valence-corrected chi connectivity index (χ1v) is 12.5. The first kappa shape index (κ1) is 24.5. The van der Waals surface area contributed by atoms with Crippen LogP contribution in [0.5, 0.6) is 0 Å². The highest BCUT2D eigenvalue weighted by Crippen LogP contribution is 2.23. The number of hydrogen-bond donors (Lipinski definition) is 2. The van der Waals surface area contributed by atoms with Crippen LogP contribution in [0.1, 0.15) is 76.0 Å². The van der Waals surface area contributed by atoms with Gasteiger partial charge in [-0.2, -0.15) is 0 Å². The molecule has 0 saturated carbocycles. The molecule has 3 aromatic rings. The molecule has 1 unspecified atom stereocenters. The van der Waals surface area contributed by atoms with Gasteiger partial charge in [-0.05, 0) is 58.7 Å². The molecule has 0 saturated heterocycles. The van der Waals surface area contributed by atoms with Crippen molar-refractivity contribution in [3.05, 3.63) is 83.4 Å². The molecule has 0 amide bonds. The van der Waals surface area contributed by atoms with E-state index in [-0.39, 0.29) is 5.41 Å². The summed E-state index contributed by atoms with van der Waals surface area (Å²) in [7, 11) is 0. The van der Waals surface area contributed by atoms with Crippen molar-refractivity contribution in [2.24, 2.45) is 5.73 Å². The molecule has 0 aromatic heterocycles. The zero-order valence-electron chi connectivity index (χ0n) is 20.4. The Morgan fingerprint density at radius 2 is 1.47 bits per heavy atom. The third-order valence-electron chi connectivity index (χ3n) is 6.52. The molecule has 0 radical (unpaired) electrons. The van der Waals surface area contributed by atoms with Gasteiger partial charge in [-0.3, -0.25) is 0 Å². The average Bonchev–Trinajstić information content (AvgIpc) is 2.79. The lowest BCUT2D eigenvalue weighted by atomic mass is 9.86. The van der Waals surface area contributed by atoms with Crippen LogP contribution in [0.15, 0.2) is 66.7 Å². The van der Waals surface area contributed by atoms with Crippen LogP contribution in [0, 0.1) is 0 Å². The van der Waals surface area contributed by atoms with Gasteiger partial charge in [-0.15, -0.1) is 0 Å². The molecule has 2 nitrogen and oxygen atoms in total. The Bertz CT molecular complexity index is 932. The van der Waals surface area contributed by atoms with E-state index < -0.39 is 0 Å². The van der Waals surface area contributed by atoms with Gasteiger partial charge >= 0.3 is 0 Å². The van der Waals surface area contributed by atoms with Crippen LogP contribution in [0.4, 0.5) is 0 Å². The monoisotopic (exact) mass is 430 g/mol. The van der Waals surface area contributed by atoms with E-state index in [9.17, 15) is 0 Å². The van der Waals surface area contributed by atoms with Gasteiger partial charge in [0.2, 0.25) is 0 Å². The van der Waals surface area contributed by atoms with Gasteiger partial charge in [0.05, 0.1) is 0 Å². The van der Waals surface area contributed by atoms with Crippen LogP contribution in [0.3, 0.4) is 0 Å². The Morgan fingerprint density at radius 3 is 2.22 bits per heavy atom. The molecule has 0 fully saturated rings. The van der Waals surface area contributed by atoms with E-state index in [0.717, 1.165) is 25.9 Å². The van der Waals surface area contributed by atoms with Gasteiger partial charge in [0.1, 0.15) is 0 Å². The standard InChI is InChI=1S/C30H42N2/c1-30(2,3)27-19-17-24(18-20-27)22-28(15-7-5-4-6-10-21-31)32-23-26-14-11-13-25-12-8-9-16-29(25)26/h8-9,11-14,16-20,28,32H,4-7,10,15,21-23,31H2,1-3H3. The molecule has 32 heavy (non-hydrogen) atoms. The molecule has 1 atom stereocenters. The number of fused-ring (bicyclic) bond motifs is 1. The maximum atomic E-state index is 5.64. The fourth-order valence-corrected chi connectivity index (χ4v) is 4.47. The van der Waals surface area contributed by atoms with Crippen molar-refractivity contribution in [1.29, 1.82) is 0 Å². The van der Waals surface area contributed by atoms with E-state index in [1.54, 1.807) is 0 Å². The van der Waals surface area contributed by atoms with Crippen LogP contribution in [-0.2, 0) is 18.4 Å². The Balaban J connectivity index is 1.64. The minimum absolute atomic E-state index is 0.202. The summed E-state index contributed by atoms with van der Waals surface area (Å²) >= 11 is 0. The largest absolute Gasteiger partial charge is 0.330 e. The second-order valence-corrected chi connectivity index (χ2v) is 10.2. The predicted octanol–water partition coefficient (Wildman–Crippen LogP) is 7.14. The lowest BCUT2D eigenvalue weighted by molar-refractivity contribution is 0.450. The maximum absolute atomic E-state index is 5.64. The number of hydrogen-bond acceptors (Lipinski definition) is 2. The summed E-state index contributed by atoms with van der Waals surface area (Å²) in [5.41, 5.74) is 10.1. The average molecular weight is 431 g/mol. The topological polar surface area (TPSA) is 38.0 Å². The van der Waals surface area contributed by atoms with Crippen LogP contribution in [0.2, 0.25) is 0 Å². The van der Waals surface area contributed by atoms with Crippen LogP contribution in [0.25, 0.3) is 10.8 Å². The fourth-order valence-electron chi connectivity index (χ4n) is 4.47. The summed E-state index contributed by atoms with van der Waals surface area (Å²) in [6.07, 6.45) is 8.59. The minimum Gasteiger partial charge on any atom is -0.330 e. The second-order valence-electron chi connectivity index (χ2n) is 10.2. The van der Waals surface area contributed by atoms with Crippen molar-refractivity contribution in [3.8, 4) is 0 Å². The van der Waals surface area contributed by atoms with Crippen molar-refractivity contribution in [1.82, 2.24) is 5.32 Å². The molecule has 0 heterocycles. The Labute approximate surface area is 195 Å². The van der Waals surface area contributed by atoms with Gasteiger partial charge in [-0.25, -0.2) is 0 Å². The predicted molar refractivity (Wildman–Crippen MR) is 140 cm³/mol. The summed E-state index contributed by atoms with van der Waals surface area (Å²) in [5.74, 6) is 0. The maximum Gasteiger partial charge on any atom is 0.0214 e. The smallest absolute Gasteiger partial charge is 0.0214 e. The van der Waals surface area contributed by atoms with Crippen molar-refractivity contribution in [2.75, 3.05) is 6.54 Å². The number of benzene rings is 3. The molecule has 0 spiro atoms. The summed E-state index contributed by atoms with van der Waals surface area (Å²) < 4.78 is 0. The highest BCUT2D eigenvalue weighted by atomic mass is 14.9. The van der Waals surface area contributed by atoms with E-state index in [4.69, 9.17) is 5.73 Å². The molecule has 3 N–H and O–H groups in total. The lowest BCUT2D eigenvalue weighted by Crippen LogP contribution is -2.31. The van der Waals surface area contributed by atoms with Crippen molar-refractivity contribution >= 4 is 10.8 Å². The number of unbranched alkanes of at least 4 members (excludes halogenated alkanes) is 4. The summed E-state index contributed by atoms with van der Waals surface area (Å²) in [6.45, 7) is 8.57. The number of nitrogens with one attached hydrogen (secondary N) is 1. The first-order chi connectivity index (χ1) is 15.5. The molecule has 2 heteroatoms.